The number of nitrogens with zero attached hydrogens (tertiary/aromatic N) is 5. The molecule has 33 heavy (non-hydrogen) atoms. The van der Waals surface area contributed by atoms with E-state index in [0.717, 1.165) is 37.6 Å². The molecule has 1 aliphatic rings. The number of piperazine rings is 1. The number of carbonyl (C=O) groups is 1. The van der Waals surface area contributed by atoms with Gasteiger partial charge in [0.1, 0.15) is 0 Å². The van der Waals surface area contributed by atoms with Crippen molar-refractivity contribution in [1.82, 2.24) is 24.6 Å². The van der Waals surface area contributed by atoms with Gasteiger partial charge < -0.3 is 4.90 Å². The van der Waals surface area contributed by atoms with Crippen molar-refractivity contribution in [1.29, 1.82) is 0 Å². The molecule has 172 valence electrons. The molecular formula is C25H28ClN5OS. The van der Waals surface area contributed by atoms with E-state index in [4.69, 9.17) is 11.6 Å². The SMILES string of the molecule is C=CCn1c(SCC(=O)N2CCN([C@@H](C)c3ccccc3)CC2)nnc1-c1ccc(Cl)cc1. The van der Waals surface area contributed by atoms with Gasteiger partial charge in [-0.15, -0.1) is 16.8 Å². The van der Waals surface area contributed by atoms with Crippen molar-refractivity contribution in [2.45, 2.75) is 24.7 Å². The summed E-state index contributed by atoms with van der Waals surface area (Å²) in [6.07, 6.45) is 1.81. The molecule has 0 aliphatic carbocycles. The molecule has 1 atom stereocenters. The summed E-state index contributed by atoms with van der Waals surface area (Å²) in [5.74, 6) is 1.21. The molecule has 0 radical (unpaired) electrons. The van der Waals surface area contributed by atoms with Crippen LogP contribution < -0.4 is 0 Å². The molecule has 3 aromatic rings. The number of hydrogen-bond donors (Lipinski definition) is 0. The molecule has 1 saturated heterocycles. The second-order valence-corrected chi connectivity index (χ2v) is 9.38. The quantitative estimate of drug-likeness (QED) is 0.342. The fourth-order valence-electron chi connectivity index (χ4n) is 4.02. The number of aromatic nitrogens is 3. The first kappa shape index (κ1) is 23.5. The smallest absolute Gasteiger partial charge is 0.233 e. The molecule has 1 aromatic heterocycles. The summed E-state index contributed by atoms with van der Waals surface area (Å²) in [5, 5.41) is 10.1. The van der Waals surface area contributed by atoms with Crippen molar-refractivity contribution in [3.05, 3.63) is 77.8 Å². The van der Waals surface area contributed by atoms with Gasteiger partial charge in [0.15, 0.2) is 11.0 Å². The third-order valence-electron chi connectivity index (χ3n) is 5.95. The summed E-state index contributed by atoms with van der Waals surface area (Å²) < 4.78 is 1.98. The Morgan fingerprint density at radius 3 is 2.45 bits per heavy atom. The number of hydrogen-bond acceptors (Lipinski definition) is 5. The van der Waals surface area contributed by atoms with Gasteiger partial charge >= 0.3 is 0 Å². The van der Waals surface area contributed by atoms with Gasteiger partial charge in [0.2, 0.25) is 5.91 Å². The Morgan fingerprint density at radius 2 is 1.79 bits per heavy atom. The van der Waals surface area contributed by atoms with Gasteiger partial charge in [-0.05, 0) is 36.8 Å². The maximum absolute atomic E-state index is 12.9. The first-order valence-electron chi connectivity index (χ1n) is 11.1. The summed E-state index contributed by atoms with van der Waals surface area (Å²) in [7, 11) is 0. The Kier molecular flexibility index (Phi) is 7.85. The molecule has 0 N–H and O–H groups in total. The van der Waals surface area contributed by atoms with E-state index in [9.17, 15) is 4.79 Å². The minimum atomic E-state index is 0.133. The van der Waals surface area contributed by atoms with Gasteiger partial charge in [-0.3, -0.25) is 14.3 Å². The molecule has 8 heteroatoms. The first-order chi connectivity index (χ1) is 16.1. The zero-order valence-corrected chi connectivity index (χ0v) is 20.3. The van der Waals surface area contributed by atoms with Gasteiger partial charge in [-0.2, -0.15) is 0 Å². The van der Waals surface area contributed by atoms with Crippen molar-refractivity contribution in [3.8, 4) is 11.4 Å². The molecule has 0 unspecified atom stereocenters. The van der Waals surface area contributed by atoms with Crippen molar-refractivity contribution >= 4 is 29.3 Å². The van der Waals surface area contributed by atoms with E-state index < -0.39 is 0 Å². The summed E-state index contributed by atoms with van der Waals surface area (Å²) >= 11 is 7.43. The maximum Gasteiger partial charge on any atom is 0.233 e. The fraction of sp³-hybridized carbons (Fsp3) is 0.320. The zero-order valence-electron chi connectivity index (χ0n) is 18.7. The van der Waals surface area contributed by atoms with E-state index in [1.54, 1.807) is 0 Å². The molecular weight excluding hydrogens is 454 g/mol. The van der Waals surface area contributed by atoms with Gasteiger partial charge in [0.25, 0.3) is 0 Å². The lowest BCUT2D eigenvalue weighted by Crippen LogP contribution is -2.49. The minimum Gasteiger partial charge on any atom is -0.339 e. The van der Waals surface area contributed by atoms with Crippen LogP contribution in [-0.2, 0) is 11.3 Å². The number of thioether (sulfide) groups is 1. The summed E-state index contributed by atoms with van der Waals surface area (Å²) in [6.45, 7) is 9.88. The second-order valence-electron chi connectivity index (χ2n) is 8.00. The molecule has 1 aliphatic heterocycles. The van der Waals surface area contributed by atoms with Gasteiger partial charge in [0, 0.05) is 49.4 Å². The highest BCUT2D eigenvalue weighted by Crippen LogP contribution is 2.26. The number of halogens is 1. The summed E-state index contributed by atoms with van der Waals surface area (Å²) in [6, 6.07) is 18.4. The summed E-state index contributed by atoms with van der Waals surface area (Å²) in [4.78, 5) is 17.3. The Morgan fingerprint density at radius 1 is 1.09 bits per heavy atom. The molecule has 2 heterocycles. The van der Waals surface area contributed by atoms with Gasteiger partial charge in [0.05, 0.1) is 5.75 Å². The minimum absolute atomic E-state index is 0.133. The largest absolute Gasteiger partial charge is 0.339 e. The van der Waals surface area contributed by atoms with Gasteiger partial charge in [-0.1, -0.05) is 59.8 Å². The second kappa shape index (κ2) is 11.0. The molecule has 0 spiro atoms. The lowest BCUT2D eigenvalue weighted by molar-refractivity contribution is -0.130. The Labute approximate surface area is 204 Å². The Bertz CT molecular complexity index is 1080. The third kappa shape index (κ3) is 5.66. The topological polar surface area (TPSA) is 54.3 Å². The van der Waals surface area contributed by atoms with Crippen LogP contribution in [-0.4, -0.2) is 62.4 Å². The lowest BCUT2D eigenvalue weighted by atomic mass is 10.1. The monoisotopic (exact) mass is 481 g/mol. The van der Waals surface area contributed by atoms with E-state index in [0.29, 0.717) is 28.5 Å². The van der Waals surface area contributed by atoms with E-state index in [1.807, 2.05) is 45.9 Å². The van der Waals surface area contributed by atoms with E-state index in [-0.39, 0.29) is 5.91 Å². The van der Waals surface area contributed by atoms with E-state index >= 15 is 0 Å². The number of amides is 1. The van der Waals surface area contributed by atoms with Crippen molar-refractivity contribution in [2.75, 3.05) is 31.9 Å². The first-order valence-corrected chi connectivity index (χ1v) is 12.4. The highest BCUT2D eigenvalue weighted by atomic mass is 35.5. The number of benzene rings is 2. The van der Waals surface area contributed by atoms with Crippen LogP contribution in [0.15, 0.2) is 72.4 Å². The number of allylic oxidation sites excluding steroid dienone is 1. The van der Waals surface area contributed by atoms with Crippen molar-refractivity contribution < 1.29 is 4.79 Å². The Balaban J connectivity index is 1.34. The number of rotatable bonds is 8. The zero-order chi connectivity index (χ0) is 23.2. The van der Waals surface area contributed by atoms with E-state index in [2.05, 4.69) is 52.9 Å². The Hall–Kier alpha value is -2.61. The third-order valence-corrected chi connectivity index (χ3v) is 7.16. The normalized spacial score (nSPS) is 15.4. The standard InChI is InChI=1S/C25H28ClN5OS/c1-3-13-31-24(21-9-11-22(26)12-10-21)27-28-25(31)33-18-23(32)30-16-14-29(15-17-30)19(2)20-7-5-4-6-8-20/h3-12,19H,1,13-18H2,2H3/t19-/m0/s1. The van der Waals surface area contributed by atoms with Crippen LogP contribution in [0.1, 0.15) is 18.5 Å². The van der Waals surface area contributed by atoms with Gasteiger partial charge in [-0.25, -0.2) is 0 Å². The average molecular weight is 482 g/mol. The maximum atomic E-state index is 12.9. The van der Waals surface area contributed by atoms with Crippen LogP contribution in [0.5, 0.6) is 0 Å². The van der Waals surface area contributed by atoms with Crippen LogP contribution >= 0.6 is 23.4 Å². The molecule has 1 amide bonds. The predicted octanol–water partition coefficient (Wildman–Crippen LogP) is 4.78. The average Bonchev–Trinajstić information content (AvgIpc) is 3.26. The molecule has 0 bridgehead atoms. The van der Waals surface area contributed by atoms with Crippen LogP contribution in [0.4, 0.5) is 0 Å². The number of carbonyl (C=O) groups excluding carboxylic acids is 1. The van der Waals surface area contributed by atoms with Crippen LogP contribution in [0.25, 0.3) is 11.4 Å². The molecule has 2 aromatic carbocycles. The summed E-state index contributed by atoms with van der Waals surface area (Å²) in [5.41, 5.74) is 2.24. The highest BCUT2D eigenvalue weighted by Gasteiger charge is 2.25. The fourth-order valence-corrected chi connectivity index (χ4v) is 5.00. The molecule has 0 saturated carbocycles. The molecule has 6 nitrogen and oxygen atoms in total. The molecule has 1 fully saturated rings. The van der Waals surface area contributed by atoms with Crippen molar-refractivity contribution in [2.24, 2.45) is 0 Å². The van der Waals surface area contributed by atoms with Crippen LogP contribution in [0, 0.1) is 0 Å². The van der Waals surface area contributed by atoms with Crippen LogP contribution in [0.3, 0.4) is 0 Å². The molecule has 4 rings (SSSR count). The highest BCUT2D eigenvalue weighted by molar-refractivity contribution is 7.99. The van der Waals surface area contributed by atoms with E-state index in [1.165, 1.54) is 17.3 Å². The lowest BCUT2D eigenvalue weighted by Gasteiger charge is -2.38. The van der Waals surface area contributed by atoms with Crippen molar-refractivity contribution in [3.63, 3.8) is 0 Å². The van der Waals surface area contributed by atoms with Crippen LogP contribution in [0.2, 0.25) is 5.02 Å². The predicted molar refractivity (Wildman–Crippen MR) is 134 cm³/mol.